The highest BCUT2D eigenvalue weighted by Crippen LogP contribution is 2.20. The van der Waals surface area contributed by atoms with Crippen molar-refractivity contribution in [2.24, 2.45) is 0 Å². The minimum atomic E-state index is -0.830. The van der Waals surface area contributed by atoms with E-state index in [1.54, 1.807) is 12.1 Å². The zero-order chi connectivity index (χ0) is 9.14. The number of hydrogen-bond acceptors (Lipinski definition) is 2. The highest BCUT2D eigenvalue weighted by atomic mass is 35.5. The van der Waals surface area contributed by atoms with Crippen LogP contribution in [0.5, 0.6) is 0 Å². The van der Waals surface area contributed by atoms with Crippen LogP contribution in [0.15, 0.2) is 18.2 Å². The normalized spacial score (nSPS) is 13.0. The molecule has 2 N–H and O–H groups in total. The van der Waals surface area contributed by atoms with Gasteiger partial charge in [-0.25, -0.2) is 0 Å². The van der Waals surface area contributed by atoms with E-state index in [0.29, 0.717) is 10.6 Å². The van der Waals surface area contributed by atoms with E-state index in [1.165, 1.54) is 0 Å². The topological polar surface area (TPSA) is 40.5 Å². The third-order valence-electron chi connectivity index (χ3n) is 1.75. The highest BCUT2D eigenvalue weighted by Gasteiger charge is 2.06. The largest absolute Gasteiger partial charge is 0.393 e. The van der Waals surface area contributed by atoms with Gasteiger partial charge in [-0.05, 0) is 24.1 Å². The Kier molecular flexibility index (Phi) is 3.09. The predicted molar refractivity (Wildman–Crippen MR) is 48.2 cm³/mol. The Hall–Kier alpha value is -0.570. The van der Waals surface area contributed by atoms with Gasteiger partial charge in [0.2, 0.25) is 0 Å². The van der Waals surface area contributed by atoms with Crippen molar-refractivity contribution >= 4 is 11.6 Å². The van der Waals surface area contributed by atoms with Crippen LogP contribution in [0.4, 0.5) is 0 Å². The molecular formula is C9H11ClO2. The lowest BCUT2D eigenvalue weighted by Crippen LogP contribution is -2.02. The number of benzene rings is 1. The molecule has 0 fully saturated rings. The molecule has 0 bridgehead atoms. The Morgan fingerprint density at radius 2 is 2.17 bits per heavy atom. The van der Waals surface area contributed by atoms with Crippen molar-refractivity contribution in [3.8, 4) is 0 Å². The average Bonchev–Trinajstić information content (AvgIpc) is 2.08. The van der Waals surface area contributed by atoms with Gasteiger partial charge in [0.25, 0.3) is 0 Å². The van der Waals surface area contributed by atoms with E-state index in [2.05, 4.69) is 0 Å². The molecule has 0 aromatic heterocycles. The summed E-state index contributed by atoms with van der Waals surface area (Å²) in [6, 6.07) is 5.23. The van der Waals surface area contributed by atoms with E-state index in [4.69, 9.17) is 16.7 Å². The van der Waals surface area contributed by atoms with Gasteiger partial charge >= 0.3 is 0 Å². The summed E-state index contributed by atoms with van der Waals surface area (Å²) in [5.74, 6) is 0. The van der Waals surface area contributed by atoms with Crippen molar-refractivity contribution in [2.45, 2.75) is 13.0 Å². The van der Waals surface area contributed by atoms with Crippen LogP contribution in [0.2, 0.25) is 5.02 Å². The molecule has 66 valence electrons. The summed E-state index contributed by atoms with van der Waals surface area (Å²) in [4.78, 5) is 0. The van der Waals surface area contributed by atoms with Crippen LogP contribution >= 0.6 is 11.6 Å². The van der Waals surface area contributed by atoms with E-state index in [9.17, 15) is 5.11 Å². The summed E-state index contributed by atoms with van der Waals surface area (Å²) < 4.78 is 0. The Bertz CT molecular complexity index is 273. The van der Waals surface area contributed by atoms with Crippen LogP contribution in [-0.2, 0) is 0 Å². The third-order valence-corrected chi connectivity index (χ3v) is 2.16. The fourth-order valence-corrected chi connectivity index (χ4v) is 1.11. The zero-order valence-corrected chi connectivity index (χ0v) is 7.54. The van der Waals surface area contributed by atoms with Gasteiger partial charge in [0.15, 0.2) is 0 Å². The number of rotatable bonds is 2. The molecule has 12 heavy (non-hydrogen) atoms. The molecule has 3 heteroatoms. The SMILES string of the molecule is Cc1ccc(C(O)CO)cc1Cl. The van der Waals surface area contributed by atoms with Crippen LogP contribution < -0.4 is 0 Å². The third kappa shape index (κ3) is 1.97. The first-order chi connectivity index (χ1) is 5.65. The maximum atomic E-state index is 9.24. The van der Waals surface area contributed by atoms with E-state index in [1.807, 2.05) is 13.0 Å². The lowest BCUT2D eigenvalue weighted by Gasteiger charge is -2.08. The van der Waals surface area contributed by atoms with Gasteiger partial charge < -0.3 is 10.2 Å². The molecule has 0 aliphatic heterocycles. The second kappa shape index (κ2) is 3.90. The minimum absolute atomic E-state index is 0.278. The smallest absolute Gasteiger partial charge is 0.102 e. The summed E-state index contributed by atoms with van der Waals surface area (Å²) in [7, 11) is 0. The van der Waals surface area contributed by atoms with E-state index >= 15 is 0 Å². The van der Waals surface area contributed by atoms with E-state index < -0.39 is 6.10 Å². The second-order valence-electron chi connectivity index (χ2n) is 2.71. The number of aliphatic hydroxyl groups excluding tert-OH is 2. The number of halogens is 1. The van der Waals surface area contributed by atoms with E-state index in [-0.39, 0.29) is 6.61 Å². The molecule has 1 rings (SSSR count). The fourth-order valence-electron chi connectivity index (χ4n) is 0.922. The number of aliphatic hydroxyl groups is 2. The van der Waals surface area contributed by atoms with Gasteiger partial charge in [-0.2, -0.15) is 0 Å². The van der Waals surface area contributed by atoms with Gasteiger partial charge in [0.05, 0.1) is 6.61 Å². The van der Waals surface area contributed by atoms with Gasteiger partial charge in [-0.1, -0.05) is 23.7 Å². The van der Waals surface area contributed by atoms with Crippen molar-refractivity contribution in [3.63, 3.8) is 0 Å². The number of hydrogen-bond donors (Lipinski definition) is 2. The Balaban J connectivity index is 2.96. The summed E-state index contributed by atoms with van der Waals surface area (Å²) in [6.45, 7) is 1.61. The van der Waals surface area contributed by atoms with Crippen LogP contribution in [0.1, 0.15) is 17.2 Å². The molecule has 2 nitrogen and oxygen atoms in total. The van der Waals surface area contributed by atoms with Gasteiger partial charge in [0.1, 0.15) is 6.10 Å². The Morgan fingerprint density at radius 3 is 2.67 bits per heavy atom. The van der Waals surface area contributed by atoms with Gasteiger partial charge in [-0.3, -0.25) is 0 Å². The van der Waals surface area contributed by atoms with Crippen LogP contribution in [-0.4, -0.2) is 16.8 Å². The highest BCUT2D eigenvalue weighted by molar-refractivity contribution is 6.31. The van der Waals surface area contributed by atoms with Crippen molar-refractivity contribution < 1.29 is 10.2 Å². The summed E-state index contributed by atoms with van der Waals surface area (Å²) in [6.07, 6.45) is -0.830. The van der Waals surface area contributed by atoms with Crippen LogP contribution in [0.25, 0.3) is 0 Å². The summed E-state index contributed by atoms with van der Waals surface area (Å²) in [5.41, 5.74) is 1.61. The molecule has 0 aliphatic carbocycles. The minimum Gasteiger partial charge on any atom is -0.393 e. The molecular weight excluding hydrogens is 176 g/mol. The summed E-state index contributed by atoms with van der Waals surface area (Å²) >= 11 is 5.82. The first kappa shape index (κ1) is 9.52. The maximum absolute atomic E-state index is 9.24. The zero-order valence-electron chi connectivity index (χ0n) is 6.79. The molecule has 0 aliphatic rings. The first-order valence-electron chi connectivity index (χ1n) is 3.70. The van der Waals surface area contributed by atoms with Crippen molar-refractivity contribution in [1.82, 2.24) is 0 Å². The van der Waals surface area contributed by atoms with Crippen molar-refractivity contribution in [1.29, 1.82) is 0 Å². The molecule has 0 saturated carbocycles. The predicted octanol–water partition coefficient (Wildman–Crippen LogP) is 1.67. The van der Waals surface area contributed by atoms with Gasteiger partial charge in [0, 0.05) is 5.02 Å². The standard InChI is InChI=1S/C9H11ClO2/c1-6-2-3-7(4-8(6)10)9(12)5-11/h2-4,9,11-12H,5H2,1H3. The summed E-state index contributed by atoms with van der Waals surface area (Å²) in [5, 5.41) is 18.5. The lowest BCUT2D eigenvalue weighted by atomic mass is 10.1. The molecule has 1 atom stereocenters. The van der Waals surface area contributed by atoms with Crippen molar-refractivity contribution in [3.05, 3.63) is 34.3 Å². The Labute approximate surface area is 76.4 Å². The number of aryl methyl sites for hydroxylation is 1. The molecule has 1 aromatic carbocycles. The fraction of sp³-hybridized carbons (Fsp3) is 0.333. The van der Waals surface area contributed by atoms with Crippen LogP contribution in [0, 0.1) is 6.92 Å². The maximum Gasteiger partial charge on any atom is 0.102 e. The lowest BCUT2D eigenvalue weighted by molar-refractivity contribution is 0.0956. The molecule has 0 heterocycles. The van der Waals surface area contributed by atoms with Gasteiger partial charge in [-0.15, -0.1) is 0 Å². The van der Waals surface area contributed by atoms with Crippen LogP contribution in [0.3, 0.4) is 0 Å². The average molecular weight is 187 g/mol. The molecule has 0 radical (unpaired) electrons. The van der Waals surface area contributed by atoms with Crippen molar-refractivity contribution in [2.75, 3.05) is 6.61 Å². The second-order valence-corrected chi connectivity index (χ2v) is 3.11. The molecule has 0 spiro atoms. The monoisotopic (exact) mass is 186 g/mol. The first-order valence-corrected chi connectivity index (χ1v) is 4.08. The quantitative estimate of drug-likeness (QED) is 0.738. The molecule has 1 unspecified atom stereocenters. The van der Waals surface area contributed by atoms with E-state index in [0.717, 1.165) is 5.56 Å². The molecule has 0 amide bonds. The molecule has 0 saturated heterocycles. The Morgan fingerprint density at radius 1 is 1.50 bits per heavy atom. The molecule has 1 aromatic rings.